The van der Waals surface area contributed by atoms with Gasteiger partial charge in [0.2, 0.25) is 11.6 Å². The average Bonchev–Trinajstić information content (AvgIpc) is 3.37. The number of hydrogen-bond donors (Lipinski definition) is 1. The molecule has 7 heteroatoms. The first-order chi connectivity index (χ1) is 16.0. The van der Waals surface area contributed by atoms with Crippen molar-refractivity contribution < 1.29 is 9.53 Å². The first-order valence-corrected chi connectivity index (χ1v) is 11.1. The monoisotopic (exact) mass is 442 g/mol. The molecule has 0 unspecified atom stereocenters. The van der Waals surface area contributed by atoms with Gasteiger partial charge in [0.25, 0.3) is 5.56 Å². The molecule has 0 aliphatic carbocycles. The standard InChI is InChI=1S/C26H26N4O3/c1-3-4-13-33-20-11-9-19(10-12-20)23-14-21(18-7-5-17(2)6-8-18)22(26(32)29-23)15-24(31)25-27-16-28-30-25/h5-12,14H,3-4,13,15-16H2,1-2H3,(H,29,32). The largest absolute Gasteiger partial charge is 0.494 e. The third-order valence-corrected chi connectivity index (χ3v) is 5.47. The predicted molar refractivity (Wildman–Crippen MR) is 129 cm³/mol. The van der Waals surface area contributed by atoms with Crippen LogP contribution in [-0.2, 0) is 11.2 Å². The van der Waals surface area contributed by atoms with E-state index in [0.29, 0.717) is 23.4 Å². The summed E-state index contributed by atoms with van der Waals surface area (Å²) in [6, 6.07) is 17.4. The van der Waals surface area contributed by atoms with E-state index in [1.165, 1.54) is 0 Å². The van der Waals surface area contributed by atoms with Crippen LogP contribution in [0, 0.1) is 6.92 Å². The first-order valence-electron chi connectivity index (χ1n) is 11.1. The van der Waals surface area contributed by atoms with E-state index in [4.69, 9.17) is 4.74 Å². The van der Waals surface area contributed by atoms with E-state index >= 15 is 0 Å². The Morgan fingerprint density at radius 2 is 1.79 bits per heavy atom. The minimum atomic E-state index is -0.323. The van der Waals surface area contributed by atoms with E-state index in [-0.39, 0.29) is 30.3 Å². The lowest BCUT2D eigenvalue weighted by atomic mass is 9.95. The molecule has 7 nitrogen and oxygen atoms in total. The second kappa shape index (κ2) is 10.2. The Labute approximate surface area is 192 Å². The van der Waals surface area contributed by atoms with E-state index in [0.717, 1.165) is 35.3 Å². The van der Waals surface area contributed by atoms with Crippen LogP contribution < -0.4 is 10.3 Å². The number of ether oxygens (including phenoxy) is 1. The lowest BCUT2D eigenvalue weighted by molar-refractivity contribution is -0.112. The Kier molecular flexibility index (Phi) is 6.88. The highest BCUT2D eigenvalue weighted by atomic mass is 16.5. The third kappa shape index (κ3) is 5.31. The number of carbonyl (C=O) groups excluding carboxylic acids is 1. The summed E-state index contributed by atoms with van der Waals surface area (Å²) in [7, 11) is 0. The van der Waals surface area contributed by atoms with Crippen LogP contribution >= 0.6 is 0 Å². The highest BCUT2D eigenvalue weighted by molar-refractivity contribution is 6.39. The molecular formula is C26H26N4O3. The lowest BCUT2D eigenvalue weighted by Gasteiger charge is -2.12. The SMILES string of the molecule is CCCCOc1ccc(-c2cc(-c3ccc(C)cc3)c(CC(=O)C3=NCN=N3)c(=O)[nH]2)cc1. The van der Waals surface area contributed by atoms with E-state index in [9.17, 15) is 9.59 Å². The Balaban J connectivity index is 1.71. The number of aryl methyl sites for hydroxylation is 1. The normalized spacial score (nSPS) is 12.6. The Morgan fingerprint density at radius 3 is 2.45 bits per heavy atom. The van der Waals surface area contributed by atoms with Gasteiger partial charge in [0.05, 0.1) is 6.61 Å². The van der Waals surface area contributed by atoms with Gasteiger partial charge >= 0.3 is 0 Å². The molecule has 0 saturated heterocycles. The summed E-state index contributed by atoms with van der Waals surface area (Å²) in [4.78, 5) is 32.7. The number of carbonyl (C=O) groups is 1. The summed E-state index contributed by atoms with van der Waals surface area (Å²) >= 11 is 0. The summed E-state index contributed by atoms with van der Waals surface area (Å²) in [5.74, 6) is 0.533. The molecular weight excluding hydrogens is 416 g/mol. The molecule has 2 aromatic carbocycles. The number of nitrogens with zero attached hydrogens (tertiary/aromatic N) is 3. The molecule has 2 heterocycles. The number of benzene rings is 2. The molecule has 1 aromatic heterocycles. The van der Waals surface area contributed by atoms with E-state index in [2.05, 4.69) is 27.1 Å². The zero-order valence-corrected chi connectivity index (χ0v) is 18.8. The van der Waals surface area contributed by atoms with Crippen molar-refractivity contribution in [1.82, 2.24) is 4.98 Å². The van der Waals surface area contributed by atoms with Crippen LogP contribution in [0.4, 0.5) is 0 Å². The predicted octanol–water partition coefficient (Wildman–Crippen LogP) is 5.13. The van der Waals surface area contributed by atoms with Gasteiger partial charge in [-0.2, -0.15) is 5.11 Å². The van der Waals surface area contributed by atoms with Gasteiger partial charge in [-0.05, 0) is 60.4 Å². The van der Waals surface area contributed by atoms with Gasteiger partial charge in [-0.15, -0.1) is 5.11 Å². The zero-order valence-electron chi connectivity index (χ0n) is 18.8. The maximum absolute atomic E-state index is 13.1. The Morgan fingerprint density at radius 1 is 1.06 bits per heavy atom. The van der Waals surface area contributed by atoms with Crippen LogP contribution in [0.2, 0.25) is 0 Å². The molecule has 0 saturated carbocycles. The summed E-state index contributed by atoms with van der Waals surface area (Å²) in [6.07, 6.45) is 1.98. The highest BCUT2D eigenvalue weighted by Gasteiger charge is 2.20. The number of unbranched alkanes of at least 4 members (excludes halogenated alkanes) is 1. The molecule has 0 radical (unpaired) electrons. The summed E-state index contributed by atoms with van der Waals surface area (Å²) in [6.45, 7) is 4.96. The van der Waals surface area contributed by atoms with Crippen LogP contribution in [-0.4, -0.2) is 29.9 Å². The van der Waals surface area contributed by atoms with Crippen molar-refractivity contribution in [3.63, 3.8) is 0 Å². The van der Waals surface area contributed by atoms with Crippen molar-refractivity contribution in [2.45, 2.75) is 33.1 Å². The number of Topliss-reactive ketones (excluding diaryl/α,β-unsaturated/α-hetero) is 1. The number of H-pyrrole nitrogens is 1. The number of aromatic amines is 1. The summed E-state index contributed by atoms with van der Waals surface area (Å²) in [5, 5.41) is 7.51. The topological polar surface area (TPSA) is 96.2 Å². The average molecular weight is 443 g/mol. The number of aliphatic imine (C=N–C) groups is 1. The molecule has 168 valence electrons. The molecule has 0 spiro atoms. The number of ketones is 1. The van der Waals surface area contributed by atoms with Crippen molar-refractivity contribution in [1.29, 1.82) is 0 Å². The zero-order chi connectivity index (χ0) is 23.2. The Hall–Kier alpha value is -3.87. The van der Waals surface area contributed by atoms with Gasteiger partial charge in [0.1, 0.15) is 5.75 Å². The number of pyridine rings is 1. The fraction of sp³-hybridized carbons (Fsp3) is 0.269. The smallest absolute Gasteiger partial charge is 0.252 e. The molecule has 3 aromatic rings. The lowest BCUT2D eigenvalue weighted by Crippen LogP contribution is -2.22. The van der Waals surface area contributed by atoms with Crippen LogP contribution in [0.5, 0.6) is 5.75 Å². The van der Waals surface area contributed by atoms with Crippen molar-refractivity contribution in [2.75, 3.05) is 13.3 Å². The Bertz CT molecular complexity index is 1260. The minimum absolute atomic E-state index is 0.0620. The van der Waals surface area contributed by atoms with Crippen LogP contribution in [0.1, 0.15) is 30.9 Å². The molecule has 0 atom stereocenters. The second-order valence-electron chi connectivity index (χ2n) is 7.96. The van der Waals surface area contributed by atoms with Gasteiger partial charge in [-0.1, -0.05) is 43.2 Å². The molecule has 0 fully saturated rings. The molecule has 33 heavy (non-hydrogen) atoms. The molecule has 1 aliphatic rings. The van der Waals surface area contributed by atoms with Crippen molar-refractivity contribution in [2.24, 2.45) is 15.2 Å². The van der Waals surface area contributed by atoms with Crippen molar-refractivity contribution in [3.8, 4) is 28.1 Å². The first kappa shape index (κ1) is 22.3. The molecule has 1 aliphatic heterocycles. The molecule has 0 amide bonds. The third-order valence-electron chi connectivity index (χ3n) is 5.47. The number of rotatable bonds is 9. The number of aromatic nitrogens is 1. The van der Waals surface area contributed by atoms with Crippen LogP contribution in [0.25, 0.3) is 22.4 Å². The van der Waals surface area contributed by atoms with Gasteiger partial charge in [-0.25, -0.2) is 4.99 Å². The molecule has 1 N–H and O–H groups in total. The van der Waals surface area contributed by atoms with Gasteiger partial charge in [0, 0.05) is 17.7 Å². The van der Waals surface area contributed by atoms with Gasteiger partial charge < -0.3 is 9.72 Å². The maximum atomic E-state index is 13.1. The van der Waals surface area contributed by atoms with Crippen LogP contribution in [0.15, 0.2) is 74.6 Å². The second-order valence-corrected chi connectivity index (χ2v) is 7.96. The minimum Gasteiger partial charge on any atom is -0.494 e. The van der Waals surface area contributed by atoms with E-state index < -0.39 is 0 Å². The number of hydrogen-bond acceptors (Lipinski definition) is 6. The fourth-order valence-corrected chi connectivity index (χ4v) is 3.59. The van der Waals surface area contributed by atoms with E-state index in [1.54, 1.807) is 0 Å². The number of amidine groups is 1. The number of nitrogens with one attached hydrogen (secondary N) is 1. The van der Waals surface area contributed by atoms with Crippen molar-refractivity contribution >= 4 is 11.6 Å². The number of azo groups is 1. The van der Waals surface area contributed by atoms with E-state index in [1.807, 2.05) is 61.5 Å². The molecule has 0 bridgehead atoms. The van der Waals surface area contributed by atoms with Crippen LogP contribution in [0.3, 0.4) is 0 Å². The summed E-state index contributed by atoms with van der Waals surface area (Å²) < 4.78 is 5.74. The highest BCUT2D eigenvalue weighted by Crippen LogP contribution is 2.28. The van der Waals surface area contributed by atoms with Gasteiger partial charge in [-0.3, -0.25) is 9.59 Å². The van der Waals surface area contributed by atoms with Crippen molar-refractivity contribution in [3.05, 3.63) is 76.1 Å². The maximum Gasteiger partial charge on any atom is 0.252 e. The fourth-order valence-electron chi connectivity index (χ4n) is 3.59. The quantitative estimate of drug-likeness (QED) is 0.465. The van der Waals surface area contributed by atoms with Gasteiger partial charge in [0.15, 0.2) is 6.67 Å². The molecule has 4 rings (SSSR count). The summed E-state index contributed by atoms with van der Waals surface area (Å²) in [5.41, 5.74) is 4.29.